The van der Waals surface area contributed by atoms with Crippen molar-refractivity contribution in [3.63, 3.8) is 0 Å². The average molecular weight is 124 g/mol. The highest BCUT2D eigenvalue weighted by molar-refractivity contribution is 5.51. The van der Waals surface area contributed by atoms with Crippen molar-refractivity contribution in [2.45, 2.75) is 37.8 Å². The molecule has 0 saturated carbocycles. The molecule has 1 amide bonds. The van der Waals surface area contributed by atoms with Crippen LogP contribution in [0.3, 0.4) is 0 Å². The van der Waals surface area contributed by atoms with Gasteiger partial charge in [-0.05, 0) is 25.7 Å². The molecule has 0 spiro atoms. The summed E-state index contributed by atoms with van der Waals surface area (Å²) in [6.07, 6.45) is 6.90. The number of fused-ring (bicyclic) bond motifs is 2. The summed E-state index contributed by atoms with van der Waals surface area (Å²) >= 11 is 0. The Labute approximate surface area is 54.8 Å². The first kappa shape index (κ1) is 5.27. The zero-order valence-corrected chi connectivity index (χ0v) is 5.34. The fourth-order valence-corrected chi connectivity index (χ4v) is 2.06. The van der Waals surface area contributed by atoms with Crippen LogP contribution in [0.2, 0.25) is 0 Å². The molecule has 2 bridgehead atoms. The fourth-order valence-electron chi connectivity index (χ4n) is 2.06. The van der Waals surface area contributed by atoms with E-state index in [1.54, 1.807) is 0 Å². The summed E-state index contributed by atoms with van der Waals surface area (Å²) in [6.45, 7) is 0. The van der Waals surface area contributed by atoms with E-state index >= 15 is 0 Å². The average Bonchev–Trinajstić information content (AvgIpc) is 2.44. The van der Waals surface area contributed by atoms with Crippen molar-refractivity contribution in [2.24, 2.45) is 0 Å². The summed E-state index contributed by atoms with van der Waals surface area (Å²) in [7, 11) is 0. The molecular formula is C7H10NO. The van der Waals surface area contributed by atoms with Crippen LogP contribution in [0.15, 0.2) is 0 Å². The first-order chi connectivity index (χ1) is 4.42. The summed E-state index contributed by atoms with van der Waals surface area (Å²) in [5, 5.41) is 0. The molecule has 2 heterocycles. The zero-order chi connectivity index (χ0) is 6.27. The van der Waals surface area contributed by atoms with Crippen molar-refractivity contribution >= 4 is 6.41 Å². The van der Waals surface area contributed by atoms with E-state index in [4.69, 9.17) is 0 Å². The SMILES string of the molecule is O=[C]N1C2CCC1CC2. The van der Waals surface area contributed by atoms with Crippen molar-refractivity contribution in [2.75, 3.05) is 0 Å². The molecule has 0 N–H and O–H groups in total. The lowest BCUT2D eigenvalue weighted by Crippen LogP contribution is -2.26. The lowest BCUT2D eigenvalue weighted by Gasteiger charge is -2.12. The second kappa shape index (κ2) is 1.72. The summed E-state index contributed by atoms with van der Waals surface area (Å²) in [5.41, 5.74) is 0. The van der Waals surface area contributed by atoms with E-state index in [0.29, 0.717) is 12.1 Å². The molecule has 49 valence electrons. The topological polar surface area (TPSA) is 20.3 Å². The van der Waals surface area contributed by atoms with E-state index in [1.165, 1.54) is 25.7 Å². The van der Waals surface area contributed by atoms with Gasteiger partial charge in [-0.2, -0.15) is 0 Å². The largest absolute Gasteiger partial charge is 0.328 e. The fraction of sp³-hybridized carbons (Fsp3) is 0.857. The highest BCUT2D eigenvalue weighted by Crippen LogP contribution is 2.35. The van der Waals surface area contributed by atoms with Crippen molar-refractivity contribution in [1.82, 2.24) is 4.90 Å². The van der Waals surface area contributed by atoms with Crippen molar-refractivity contribution < 1.29 is 4.79 Å². The van der Waals surface area contributed by atoms with Gasteiger partial charge >= 0.3 is 6.41 Å². The van der Waals surface area contributed by atoms with Crippen LogP contribution in [0.5, 0.6) is 0 Å². The Kier molecular flexibility index (Phi) is 1.01. The van der Waals surface area contributed by atoms with E-state index in [2.05, 4.69) is 0 Å². The maximum atomic E-state index is 10.3. The minimum Gasteiger partial charge on any atom is -0.328 e. The highest BCUT2D eigenvalue weighted by Gasteiger charge is 2.38. The van der Waals surface area contributed by atoms with Crippen LogP contribution < -0.4 is 0 Å². The van der Waals surface area contributed by atoms with Crippen LogP contribution in [0.1, 0.15) is 25.7 Å². The number of hydrogen-bond donors (Lipinski definition) is 0. The maximum Gasteiger partial charge on any atom is 0.312 e. The van der Waals surface area contributed by atoms with Gasteiger partial charge in [-0.15, -0.1) is 0 Å². The Hall–Kier alpha value is -0.530. The van der Waals surface area contributed by atoms with Gasteiger partial charge in [0.05, 0.1) is 0 Å². The van der Waals surface area contributed by atoms with Gasteiger partial charge in [-0.25, -0.2) is 0 Å². The molecule has 2 aliphatic rings. The molecule has 2 saturated heterocycles. The zero-order valence-electron chi connectivity index (χ0n) is 5.34. The molecule has 0 unspecified atom stereocenters. The van der Waals surface area contributed by atoms with Crippen LogP contribution in [-0.2, 0) is 4.79 Å². The molecule has 2 aliphatic heterocycles. The summed E-state index contributed by atoms with van der Waals surface area (Å²) in [5.74, 6) is 0. The molecule has 1 radical (unpaired) electrons. The van der Waals surface area contributed by atoms with E-state index in [0.717, 1.165) is 0 Å². The van der Waals surface area contributed by atoms with Crippen molar-refractivity contribution in [3.05, 3.63) is 0 Å². The molecule has 0 atom stereocenters. The van der Waals surface area contributed by atoms with Crippen molar-refractivity contribution in [3.8, 4) is 0 Å². The first-order valence-corrected chi connectivity index (χ1v) is 3.58. The Morgan fingerprint density at radius 3 is 1.78 bits per heavy atom. The molecule has 0 aromatic heterocycles. The van der Waals surface area contributed by atoms with Gasteiger partial charge in [-0.1, -0.05) is 0 Å². The number of carbonyl (C=O) groups excluding carboxylic acids is 1. The maximum absolute atomic E-state index is 10.3. The minimum absolute atomic E-state index is 0.562. The molecule has 0 aromatic carbocycles. The van der Waals surface area contributed by atoms with Gasteiger partial charge in [0, 0.05) is 12.1 Å². The van der Waals surface area contributed by atoms with E-state index in [-0.39, 0.29) is 0 Å². The third kappa shape index (κ3) is 0.590. The predicted octanol–water partition coefficient (Wildman–Crippen LogP) is 0.680. The van der Waals surface area contributed by atoms with E-state index < -0.39 is 0 Å². The quantitative estimate of drug-likeness (QED) is 0.503. The van der Waals surface area contributed by atoms with Gasteiger partial charge in [0.1, 0.15) is 0 Å². The van der Waals surface area contributed by atoms with Gasteiger partial charge in [0.15, 0.2) is 0 Å². The smallest absolute Gasteiger partial charge is 0.312 e. The van der Waals surface area contributed by atoms with Crippen LogP contribution in [0.25, 0.3) is 0 Å². The molecule has 9 heavy (non-hydrogen) atoms. The van der Waals surface area contributed by atoms with Crippen molar-refractivity contribution in [1.29, 1.82) is 0 Å². The van der Waals surface area contributed by atoms with E-state index in [1.807, 2.05) is 11.3 Å². The summed E-state index contributed by atoms with van der Waals surface area (Å²) in [6, 6.07) is 1.12. The van der Waals surface area contributed by atoms with E-state index in [9.17, 15) is 4.79 Å². The number of amides is 1. The van der Waals surface area contributed by atoms with Gasteiger partial charge < -0.3 is 4.90 Å². The Morgan fingerprint density at radius 1 is 1.11 bits per heavy atom. The molecule has 0 aliphatic carbocycles. The molecule has 2 heteroatoms. The molecule has 2 nitrogen and oxygen atoms in total. The lowest BCUT2D eigenvalue weighted by atomic mass is 10.0. The van der Waals surface area contributed by atoms with Gasteiger partial charge in [0.2, 0.25) is 0 Å². The van der Waals surface area contributed by atoms with Gasteiger partial charge in [-0.3, -0.25) is 4.79 Å². The number of rotatable bonds is 1. The lowest BCUT2D eigenvalue weighted by molar-refractivity contribution is 0.363. The number of nitrogens with zero attached hydrogens (tertiary/aromatic N) is 1. The Balaban J connectivity index is 2.16. The van der Waals surface area contributed by atoms with Crippen LogP contribution in [0, 0.1) is 0 Å². The van der Waals surface area contributed by atoms with Crippen LogP contribution >= 0.6 is 0 Å². The predicted molar refractivity (Wildman–Crippen MR) is 33.6 cm³/mol. The Bertz CT molecular complexity index is 115. The molecule has 0 aromatic rings. The number of hydrogen-bond acceptors (Lipinski definition) is 1. The molecular weight excluding hydrogens is 114 g/mol. The minimum atomic E-state index is 0.562. The van der Waals surface area contributed by atoms with Crippen LogP contribution in [-0.4, -0.2) is 23.4 Å². The van der Waals surface area contributed by atoms with Crippen LogP contribution in [0.4, 0.5) is 0 Å². The summed E-state index contributed by atoms with van der Waals surface area (Å²) in [4.78, 5) is 12.1. The second-order valence-electron chi connectivity index (χ2n) is 2.96. The van der Waals surface area contributed by atoms with Gasteiger partial charge in [0.25, 0.3) is 0 Å². The highest BCUT2D eigenvalue weighted by atomic mass is 16.1. The summed E-state index contributed by atoms with van der Waals surface area (Å²) < 4.78 is 0. The monoisotopic (exact) mass is 124 g/mol. The normalized spacial score (nSPS) is 39.8. The third-order valence-electron chi connectivity index (χ3n) is 2.56. The molecule has 2 rings (SSSR count). The Morgan fingerprint density at radius 2 is 1.56 bits per heavy atom. The first-order valence-electron chi connectivity index (χ1n) is 3.58. The second-order valence-corrected chi connectivity index (χ2v) is 2.96. The molecule has 2 fully saturated rings. The standard InChI is InChI=1S/C7H10NO/c9-5-8-6-1-2-7(8)4-3-6/h6-7H,1-4H2. The third-order valence-corrected chi connectivity index (χ3v) is 2.56.